The van der Waals surface area contributed by atoms with Gasteiger partial charge in [-0.3, -0.25) is 4.79 Å². The number of halogens is 1. The van der Waals surface area contributed by atoms with Crippen LogP contribution in [0.15, 0.2) is 39.6 Å². The number of thioether (sulfide) groups is 1. The molecule has 0 amide bonds. The Morgan fingerprint density at radius 2 is 1.71 bits per heavy atom. The highest BCUT2D eigenvalue weighted by atomic mass is 35.5. The number of rotatable bonds is 4. The summed E-state index contributed by atoms with van der Waals surface area (Å²) in [5, 5.41) is 0.711. The second-order valence-corrected chi connectivity index (χ2v) is 5.80. The Morgan fingerprint density at radius 1 is 1.18 bits per heavy atom. The predicted molar refractivity (Wildman–Crippen MR) is 75.5 cm³/mol. The zero-order valence-electron chi connectivity index (χ0n) is 10.6. The van der Waals surface area contributed by atoms with Crippen molar-refractivity contribution in [1.82, 2.24) is 0 Å². The highest BCUT2D eigenvalue weighted by molar-refractivity contribution is 8.04. The molecule has 0 N–H and O–H groups in total. The molecule has 17 heavy (non-hydrogen) atoms. The Labute approximate surface area is 112 Å². The van der Waals surface area contributed by atoms with Crippen LogP contribution in [0.25, 0.3) is 0 Å². The van der Waals surface area contributed by atoms with Crippen LogP contribution < -0.4 is 0 Å². The molecule has 0 spiro atoms. The van der Waals surface area contributed by atoms with Gasteiger partial charge in [-0.05, 0) is 44.0 Å². The monoisotopic (exact) mass is 268 g/mol. The Balaban J connectivity index is 3.00. The maximum Gasteiger partial charge on any atom is 0.166 e. The second-order valence-electron chi connectivity index (χ2n) is 4.28. The summed E-state index contributed by atoms with van der Waals surface area (Å²) in [6.07, 6.45) is 0. The average Bonchev–Trinajstić information content (AvgIpc) is 2.26. The van der Waals surface area contributed by atoms with Crippen molar-refractivity contribution in [1.29, 1.82) is 0 Å². The number of benzene rings is 1. The summed E-state index contributed by atoms with van der Waals surface area (Å²) in [6.45, 7) is 7.83. The van der Waals surface area contributed by atoms with Crippen molar-refractivity contribution in [3.63, 3.8) is 0 Å². The van der Waals surface area contributed by atoms with E-state index in [-0.39, 0.29) is 5.78 Å². The number of carbonyl (C=O) groups is 1. The molecule has 0 saturated carbocycles. The van der Waals surface area contributed by atoms with E-state index in [1.165, 1.54) is 11.8 Å². The quantitative estimate of drug-likeness (QED) is 0.568. The molecule has 1 nitrogen and oxygen atoms in total. The first-order valence-electron chi connectivity index (χ1n) is 5.57. The van der Waals surface area contributed by atoms with Crippen LogP contribution in [-0.2, 0) is 4.79 Å². The van der Waals surface area contributed by atoms with Crippen LogP contribution in [0.2, 0.25) is 5.02 Å². The van der Waals surface area contributed by atoms with Gasteiger partial charge in [0.05, 0.1) is 4.91 Å². The topological polar surface area (TPSA) is 17.1 Å². The van der Waals surface area contributed by atoms with Crippen LogP contribution in [-0.4, -0.2) is 5.78 Å². The highest BCUT2D eigenvalue weighted by Gasteiger charge is 2.12. The van der Waals surface area contributed by atoms with E-state index < -0.39 is 0 Å². The molecule has 0 fully saturated rings. The van der Waals surface area contributed by atoms with Gasteiger partial charge in [0.1, 0.15) is 0 Å². The van der Waals surface area contributed by atoms with Gasteiger partial charge in [0, 0.05) is 9.92 Å². The molecule has 3 heteroatoms. The summed E-state index contributed by atoms with van der Waals surface area (Å²) in [6, 6.07) is 7.55. The number of carbonyl (C=O) groups excluding carboxylic acids is 1. The van der Waals surface area contributed by atoms with Crippen molar-refractivity contribution in [2.75, 3.05) is 0 Å². The lowest BCUT2D eigenvalue weighted by atomic mass is 10.0. The highest BCUT2D eigenvalue weighted by Crippen LogP contribution is 2.32. The number of hydrogen-bond donors (Lipinski definition) is 0. The van der Waals surface area contributed by atoms with Crippen LogP contribution in [0.3, 0.4) is 0 Å². The van der Waals surface area contributed by atoms with Crippen LogP contribution in [0.1, 0.15) is 27.7 Å². The average molecular weight is 269 g/mol. The smallest absolute Gasteiger partial charge is 0.166 e. The third kappa shape index (κ3) is 4.21. The molecule has 0 saturated heterocycles. The van der Waals surface area contributed by atoms with Gasteiger partial charge in [-0.1, -0.05) is 42.8 Å². The van der Waals surface area contributed by atoms with Gasteiger partial charge in [-0.25, -0.2) is 0 Å². The lowest BCUT2D eigenvalue weighted by molar-refractivity contribution is -0.113. The van der Waals surface area contributed by atoms with E-state index in [2.05, 4.69) is 13.8 Å². The molecular formula is C14H17ClOS. The first-order valence-corrected chi connectivity index (χ1v) is 6.76. The standard InChI is InChI=1S/C14H17ClOS/c1-9(2)10(3)14(11(4)16)17-13-7-5-12(15)6-8-13/h5-9H,1-4H3/b14-10+. The summed E-state index contributed by atoms with van der Waals surface area (Å²) in [4.78, 5) is 13.5. The largest absolute Gasteiger partial charge is 0.294 e. The zero-order chi connectivity index (χ0) is 13.0. The third-order valence-corrected chi connectivity index (χ3v) is 4.15. The van der Waals surface area contributed by atoms with Gasteiger partial charge >= 0.3 is 0 Å². The van der Waals surface area contributed by atoms with Crippen molar-refractivity contribution < 1.29 is 4.79 Å². The van der Waals surface area contributed by atoms with Crippen LogP contribution >= 0.6 is 23.4 Å². The summed E-state index contributed by atoms with van der Waals surface area (Å²) < 4.78 is 0. The fourth-order valence-corrected chi connectivity index (χ4v) is 2.49. The van der Waals surface area contributed by atoms with Crippen molar-refractivity contribution in [2.24, 2.45) is 5.92 Å². The van der Waals surface area contributed by atoms with E-state index in [0.717, 1.165) is 15.4 Å². The predicted octanol–water partition coefficient (Wildman–Crippen LogP) is 4.95. The number of Topliss-reactive ketones (excluding diaryl/α,β-unsaturated/α-hetero) is 1. The molecule has 0 heterocycles. The molecule has 1 aromatic rings. The van der Waals surface area contributed by atoms with E-state index in [1.807, 2.05) is 31.2 Å². The molecule has 0 atom stereocenters. The summed E-state index contributed by atoms with van der Waals surface area (Å²) in [5.41, 5.74) is 1.14. The molecule has 1 aromatic carbocycles. The van der Waals surface area contributed by atoms with E-state index in [1.54, 1.807) is 6.92 Å². The van der Waals surface area contributed by atoms with Gasteiger partial charge in [0.15, 0.2) is 5.78 Å². The van der Waals surface area contributed by atoms with Gasteiger partial charge in [-0.15, -0.1) is 0 Å². The molecule has 0 bridgehead atoms. The van der Waals surface area contributed by atoms with E-state index >= 15 is 0 Å². The molecule has 0 radical (unpaired) electrons. The fraction of sp³-hybridized carbons (Fsp3) is 0.357. The van der Waals surface area contributed by atoms with Crippen molar-refractivity contribution >= 4 is 29.1 Å². The van der Waals surface area contributed by atoms with E-state index in [0.29, 0.717) is 10.9 Å². The maximum atomic E-state index is 11.7. The lowest BCUT2D eigenvalue weighted by Crippen LogP contribution is -2.01. The molecule has 0 aliphatic carbocycles. The second kappa shape index (κ2) is 6.27. The minimum Gasteiger partial charge on any atom is -0.294 e. The Hall–Kier alpha value is -0.730. The van der Waals surface area contributed by atoms with Crippen molar-refractivity contribution in [2.45, 2.75) is 32.6 Å². The van der Waals surface area contributed by atoms with Gasteiger partial charge in [-0.2, -0.15) is 0 Å². The van der Waals surface area contributed by atoms with Gasteiger partial charge < -0.3 is 0 Å². The molecule has 92 valence electrons. The molecule has 0 unspecified atom stereocenters. The minimum atomic E-state index is 0.121. The Morgan fingerprint density at radius 3 is 2.12 bits per heavy atom. The van der Waals surface area contributed by atoms with Gasteiger partial charge in [0.2, 0.25) is 0 Å². The Bertz CT molecular complexity index is 432. The molecule has 0 aliphatic rings. The molecule has 1 rings (SSSR count). The number of ketones is 1. The van der Waals surface area contributed by atoms with E-state index in [4.69, 9.17) is 11.6 Å². The van der Waals surface area contributed by atoms with Crippen molar-refractivity contribution in [3.8, 4) is 0 Å². The summed E-state index contributed by atoms with van der Waals surface area (Å²) >= 11 is 7.35. The maximum absolute atomic E-state index is 11.7. The summed E-state index contributed by atoms with van der Waals surface area (Å²) in [5.74, 6) is 0.504. The molecular weight excluding hydrogens is 252 g/mol. The van der Waals surface area contributed by atoms with E-state index in [9.17, 15) is 4.79 Å². The zero-order valence-corrected chi connectivity index (χ0v) is 12.2. The molecule has 0 aromatic heterocycles. The number of hydrogen-bond acceptors (Lipinski definition) is 2. The fourth-order valence-electron chi connectivity index (χ4n) is 1.31. The summed E-state index contributed by atoms with van der Waals surface area (Å²) in [7, 11) is 0. The Kier molecular flexibility index (Phi) is 5.29. The van der Waals surface area contributed by atoms with Crippen molar-refractivity contribution in [3.05, 3.63) is 39.8 Å². The lowest BCUT2D eigenvalue weighted by Gasteiger charge is -2.12. The SMILES string of the molecule is CC(=O)/C(Sc1ccc(Cl)cc1)=C(/C)C(C)C. The van der Waals surface area contributed by atoms with Crippen LogP contribution in [0, 0.1) is 5.92 Å². The normalized spacial score (nSPS) is 12.6. The van der Waals surface area contributed by atoms with Crippen LogP contribution in [0.5, 0.6) is 0 Å². The minimum absolute atomic E-state index is 0.121. The third-order valence-electron chi connectivity index (χ3n) is 2.58. The first-order chi connectivity index (χ1) is 7.91. The first kappa shape index (κ1) is 14.3. The molecule has 0 aliphatic heterocycles. The van der Waals surface area contributed by atoms with Gasteiger partial charge in [0.25, 0.3) is 0 Å². The van der Waals surface area contributed by atoms with Crippen LogP contribution in [0.4, 0.5) is 0 Å². The number of allylic oxidation sites excluding steroid dienone is 2.